The van der Waals surface area contributed by atoms with Crippen LogP contribution in [-0.2, 0) is 38.1 Å². The first-order valence-corrected chi connectivity index (χ1v) is 19.0. The SMILES string of the molecule is COCC(NC(=O)[C@@H](OC(=O)C(C)(C)/C=C/c1ccc2ccc([C@@H](C)NC(=O)OC(C)(C)C)nc2c1)C(C)C)C(=O)N1CCC[C@@H](C(=O)OCC(Cl)(Cl)Cl)N1. The molecule has 1 aliphatic rings. The third-order valence-electron chi connectivity index (χ3n) is 8.29. The molecule has 2 heterocycles. The summed E-state index contributed by atoms with van der Waals surface area (Å²) in [4.78, 5) is 70.2. The Morgan fingerprint density at radius 2 is 1.69 bits per heavy atom. The number of alkyl halides is 3. The molecule has 3 amide bonds. The van der Waals surface area contributed by atoms with Crippen molar-refractivity contribution in [3.63, 3.8) is 0 Å². The maximum Gasteiger partial charge on any atom is 0.408 e. The highest BCUT2D eigenvalue weighted by molar-refractivity contribution is 6.67. The van der Waals surface area contributed by atoms with E-state index in [4.69, 9.17) is 58.7 Å². The molecule has 3 N–H and O–H groups in total. The summed E-state index contributed by atoms with van der Waals surface area (Å²) in [6.07, 6.45) is 2.48. The third-order valence-corrected chi connectivity index (χ3v) is 8.62. The number of nitrogens with one attached hydrogen (secondary N) is 3. The number of pyridine rings is 1. The molecule has 0 radical (unpaired) electrons. The second-order valence-corrected chi connectivity index (χ2v) is 17.8. The predicted octanol–water partition coefficient (Wildman–Crippen LogP) is 5.97. The van der Waals surface area contributed by atoms with E-state index >= 15 is 0 Å². The van der Waals surface area contributed by atoms with Gasteiger partial charge in [-0.25, -0.2) is 10.2 Å². The highest BCUT2D eigenvalue weighted by Crippen LogP contribution is 2.27. The van der Waals surface area contributed by atoms with Gasteiger partial charge in [0.25, 0.3) is 11.8 Å². The number of methoxy groups -OCH3 is 1. The zero-order chi connectivity index (χ0) is 41.3. The van der Waals surface area contributed by atoms with E-state index in [0.717, 1.165) is 10.9 Å². The smallest absolute Gasteiger partial charge is 0.408 e. The molecule has 0 bridgehead atoms. The van der Waals surface area contributed by atoms with Crippen LogP contribution < -0.4 is 16.1 Å². The monoisotopic (exact) mass is 827 g/mol. The molecule has 1 aliphatic heterocycles. The second-order valence-electron chi connectivity index (χ2n) is 15.2. The van der Waals surface area contributed by atoms with E-state index in [1.165, 1.54) is 12.1 Å². The zero-order valence-electron chi connectivity index (χ0n) is 32.7. The van der Waals surface area contributed by atoms with Crippen LogP contribution in [0.1, 0.15) is 85.5 Å². The van der Waals surface area contributed by atoms with E-state index in [1.54, 1.807) is 60.6 Å². The highest BCUT2D eigenvalue weighted by Gasteiger charge is 2.38. The number of esters is 2. The Kier molecular flexibility index (Phi) is 16.2. The van der Waals surface area contributed by atoms with Crippen molar-refractivity contribution in [3.8, 4) is 0 Å². The van der Waals surface area contributed by atoms with Crippen LogP contribution in [0, 0.1) is 11.3 Å². The lowest BCUT2D eigenvalue weighted by molar-refractivity contribution is -0.165. The first-order chi connectivity index (χ1) is 25.5. The van der Waals surface area contributed by atoms with Crippen molar-refractivity contribution >= 4 is 81.6 Å². The first-order valence-electron chi connectivity index (χ1n) is 17.9. The van der Waals surface area contributed by atoms with E-state index in [-0.39, 0.29) is 13.2 Å². The molecule has 2 aromatic rings. The fourth-order valence-electron chi connectivity index (χ4n) is 5.34. The van der Waals surface area contributed by atoms with Crippen molar-refractivity contribution in [1.82, 2.24) is 26.1 Å². The summed E-state index contributed by atoms with van der Waals surface area (Å²) < 4.78 is 19.6. The van der Waals surface area contributed by atoms with E-state index < -0.39 is 81.4 Å². The molecule has 304 valence electrons. The molecule has 0 saturated carbocycles. The number of hydrogen-bond donors (Lipinski definition) is 3. The average Bonchev–Trinajstić information content (AvgIpc) is 3.09. The number of rotatable bonds is 14. The van der Waals surface area contributed by atoms with Gasteiger partial charge in [0.05, 0.1) is 29.3 Å². The van der Waals surface area contributed by atoms with Gasteiger partial charge in [0.15, 0.2) is 6.10 Å². The van der Waals surface area contributed by atoms with Gasteiger partial charge in [-0.2, -0.15) is 0 Å². The van der Waals surface area contributed by atoms with Crippen LogP contribution in [-0.4, -0.2) is 94.3 Å². The third kappa shape index (κ3) is 14.4. The number of benzene rings is 1. The molecule has 55 heavy (non-hydrogen) atoms. The normalized spacial score (nSPS) is 17.0. The number of fused-ring (bicyclic) bond motifs is 1. The van der Waals surface area contributed by atoms with E-state index in [9.17, 15) is 24.0 Å². The molecule has 0 aliphatic carbocycles. The lowest BCUT2D eigenvalue weighted by Gasteiger charge is -2.35. The molecule has 4 atom stereocenters. The van der Waals surface area contributed by atoms with Crippen LogP contribution in [0.4, 0.5) is 4.79 Å². The van der Waals surface area contributed by atoms with Gasteiger partial charge in [-0.1, -0.05) is 79.0 Å². The van der Waals surface area contributed by atoms with Gasteiger partial charge in [-0.05, 0) is 78.0 Å². The molecule has 1 fully saturated rings. The summed E-state index contributed by atoms with van der Waals surface area (Å²) in [6.45, 7) is 13.5. The van der Waals surface area contributed by atoms with E-state index in [0.29, 0.717) is 24.1 Å². The van der Waals surface area contributed by atoms with Crippen LogP contribution in [0.15, 0.2) is 36.4 Å². The number of hydrogen-bond acceptors (Lipinski definition) is 11. The topological polar surface area (TPSA) is 174 Å². The number of nitrogens with zero attached hydrogens (tertiary/aromatic N) is 2. The standard InChI is InChI=1S/C38H52Cl3N5O9/c1-22(2)30(31(47)44-29(20-52-9)32(48)46-18-10-11-27(45-46)33(49)53-21-38(39,40)41)54-34(50)37(7,8)17-16-24-12-13-25-14-15-26(43-28(25)19-24)23(3)42-35(51)55-36(4,5)6/h12-17,19,22-23,27,29-30,45H,10-11,18,20-21H2,1-9H3,(H,42,51)(H,44,47)/b17-16+/t23-,27+,29?,30+/m1/s1. The summed E-state index contributed by atoms with van der Waals surface area (Å²) in [5.74, 6) is -3.09. The van der Waals surface area contributed by atoms with Gasteiger partial charge in [0.1, 0.15) is 24.3 Å². The molecule has 1 unspecified atom stereocenters. The lowest BCUT2D eigenvalue weighted by Crippen LogP contribution is -2.61. The van der Waals surface area contributed by atoms with Gasteiger partial charge in [0.2, 0.25) is 3.79 Å². The minimum absolute atomic E-state index is 0.195. The summed E-state index contributed by atoms with van der Waals surface area (Å²) in [7, 11) is 1.37. The Morgan fingerprint density at radius 3 is 2.31 bits per heavy atom. The van der Waals surface area contributed by atoms with E-state index in [2.05, 4.69) is 16.1 Å². The van der Waals surface area contributed by atoms with Crippen molar-refractivity contribution < 1.29 is 42.9 Å². The molecule has 1 aromatic heterocycles. The molecule has 1 aromatic carbocycles. The van der Waals surface area contributed by atoms with Gasteiger partial charge in [-0.15, -0.1) is 0 Å². The van der Waals surface area contributed by atoms with Crippen molar-refractivity contribution in [1.29, 1.82) is 0 Å². The Labute approximate surface area is 337 Å². The Morgan fingerprint density at radius 1 is 1.02 bits per heavy atom. The molecular formula is C38H52Cl3N5O9. The Hall–Kier alpha value is -3.69. The highest BCUT2D eigenvalue weighted by atomic mass is 35.6. The fraction of sp³-hybridized carbons (Fsp3) is 0.579. The van der Waals surface area contributed by atoms with Crippen molar-refractivity contribution in [2.45, 2.75) is 102 Å². The Bertz CT molecular complexity index is 1730. The maximum absolute atomic E-state index is 13.6. The van der Waals surface area contributed by atoms with Crippen LogP contribution in [0.5, 0.6) is 0 Å². The van der Waals surface area contributed by atoms with Gasteiger partial charge in [0, 0.05) is 19.0 Å². The molecule has 0 spiro atoms. The second kappa shape index (κ2) is 19.4. The Balaban J connectivity index is 1.68. The first kappa shape index (κ1) is 45.7. The summed E-state index contributed by atoms with van der Waals surface area (Å²) in [5.41, 5.74) is 3.11. The summed E-state index contributed by atoms with van der Waals surface area (Å²) in [5, 5.41) is 7.55. The van der Waals surface area contributed by atoms with Gasteiger partial charge >= 0.3 is 18.0 Å². The number of carbonyl (C=O) groups excluding carboxylic acids is 5. The number of halogens is 3. The molecule has 3 rings (SSSR count). The van der Waals surface area contributed by atoms with Crippen molar-refractivity contribution in [3.05, 3.63) is 47.7 Å². The number of aromatic nitrogens is 1. The number of ether oxygens (including phenoxy) is 4. The lowest BCUT2D eigenvalue weighted by atomic mass is 9.92. The van der Waals surface area contributed by atoms with E-state index in [1.807, 2.05) is 37.3 Å². The summed E-state index contributed by atoms with van der Waals surface area (Å²) in [6, 6.07) is 6.92. The summed E-state index contributed by atoms with van der Waals surface area (Å²) >= 11 is 17.1. The maximum atomic E-state index is 13.6. The number of amides is 3. The number of hydrazine groups is 1. The number of alkyl carbamates (subject to hydrolysis) is 1. The minimum atomic E-state index is -1.79. The van der Waals surface area contributed by atoms with Crippen LogP contribution in [0.3, 0.4) is 0 Å². The minimum Gasteiger partial charge on any atom is -0.460 e. The zero-order valence-corrected chi connectivity index (χ0v) is 34.9. The van der Waals surface area contributed by atoms with Crippen LogP contribution in [0.2, 0.25) is 0 Å². The average molecular weight is 829 g/mol. The van der Waals surface area contributed by atoms with Gasteiger partial charge < -0.3 is 29.6 Å². The predicted molar refractivity (Wildman–Crippen MR) is 210 cm³/mol. The van der Waals surface area contributed by atoms with Crippen molar-refractivity contribution in [2.75, 3.05) is 26.9 Å². The van der Waals surface area contributed by atoms with Crippen molar-refractivity contribution in [2.24, 2.45) is 11.3 Å². The van der Waals surface area contributed by atoms with Crippen LogP contribution >= 0.6 is 34.8 Å². The number of carbonyl (C=O) groups is 5. The molecule has 17 heteroatoms. The van der Waals surface area contributed by atoms with Crippen LogP contribution in [0.25, 0.3) is 17.0 Å². The molecular weight excluding hydrogens is 777 g/mol. The largest absolute Gasteiger partial charge is 0.460 e. The molecule has 1 saturated heterocycles. The van der Waals surface area contributed by atoms with Gasteiger partial charge in [-0.3, -0.25) is 29.2 Å². The molecule has 14 nitrogen and oxygen atoms in total. The quantitative estimate of drug-likeness (QED) is 0.116. The fourth-order valence-corrected chi connectivity index (χ4v) is 5.50.